The van der Waals surface area contributed by atoms with Crippen LogP contribution in [0.2, 0.25) is 0 Å². The monoisotopic (exact) mass is 239 g/mol. The first-order valence-corrected chi connectivity index (χ1v) is 5.32. The maximum atomic E-state index is 4.81. The van der Waals surface area contributed by atoms with E-state index < -0.39 is 0 Å². The zero-order valence-electron chi connectivity index (χ0n) is 5.97. The molecular formula is C5H11ClMnNS2. The van der Waals surface area contributed by atoms with E-state index in [0.717, 1.165) is 13.1 Å². The molecule has 0 rings (SSSR count). The van der Waals surface area contributed by atoms with E-state index in [1.807, 2.05) is 4.90 Å². The van der Waals surface area contributed by atoms with Gasteiger partial charge in [-0.2, -0.15) is 0 Å². The minimum atomic E-state index is 0.690. The van der Waals surface area contributed by atoms with E-state index in [1.54, 1.807) is 0 Å². The van der Waals surface area contributed by atoms with Crippen molar-refractivity contribution in [2.75, 3.05) is 13.1 Å². The molecule has 0 fully saturated rings. The summed E-state index contributed by atoms with van der Waals surface area (Å²) in [6, 6.07) is 0. The van der Waals surface area contributed by atoms with Crippen molar-refractivity contribution in [2.45, 2.75) is 13.8 Å². The van der Waals surface area contributed by atoms with Gasteiger partial charge >= 0.3 is 25.2 Å². The van der Waals surface area contributed by atoms with Crippen LogP contribution in [-0.4, -0.2) is 22.3 Å². The Labute approximate surface area is 85.9 Å². The van der Waals surface area contributed by atoms with Gasteiger partial charge in [0.15, 0.2) is 0 Å². The molecule has 0 saturated carbocycles. The van der Waals surface area contributed by atoms with Crippen LogP contribution in [0.4, 0.5) is 0 Å². The van der Waals surface area contributed by atoms with Crippen molar-refractivity contribution in [1.29, 1.82) is 0 Å². The summed E-state index contributed by atoms with van der Waals surface area (Å²) in [5, 5.41) is 0. The molecule has 0 aliphatic heterocycles. The van der Waals surface area contributed by atoms with Crippen LogP contribution in [0.1, 0.15) is 13.8 Å². The Hall–Kier alpha value is 1.05. The van der Waals surface area contributed by atoms with Crippen LogP contribution in [0.25, 0.3) is 0 Å². The Kier molecular flexibility index (Phi) is 13.7. The molecule has 0 radical (unpaired) electrons. The number of rotatable bonds is 2. The molecule has 0 bridgehead atoms. The molecule has 0 unspecified atom stereocenters. The van der Waals surface area contributed by atoms with Crippen molar-refractivity contribution in [3.05, 3.63) is 0 Å². The number of thiocarbonyl (C=S) groups is 1. The molecule has 0 aromatic heterocycles. The molecule has 0 atom stereocenters. The Morgan fingerprint density at radius 3 is 1.80 bits per heavy atom. The Morgan fingerprint density at radius 2 is 1.80 bits per heavy atom. The summed E-state index contributed by atoms with van der Waals surface area (Å²) in [5.74, 6) is 0. The summed E-state index contributed by atoms with van der Waals surface area (Å²) in [6.07, 6.45) is 0. The Morgan fingerprint density at radius 1 is 1.50 bits per heavy atom. The van der Waals surface area contributed by atoms with Gasteiger partial charge in [-0.05, 0) is 13.8 Å². The van der Waals surface area contributed by atoms with Gasteiger partial charge in [-0.1, -0.05) is 12.2 Å². The Bertz CT molecular complexity index is 87.7. The van der Waals surface area contributed by atoms with Gasteiger partial charge in [0.2, 0.25) is 0 Å². The fraction of sp³-hybridized carbons (Fsp3) is 0.800. The standard InChI is InChI=1S/C5H11NS2.ClH.Mn/c1-3-6(4-2)5(7)8;;/h3-4H2,1-2H3,(H,7,8);1H;/q;;+1/p-1. The van der Waals surface area contributed by atoms with Crippen molar-refractivity contribution < 1.29 is 15.1 Å². The van der Waals surface area contributed by atoms with Crippen LogP contribution >= 0.6 is 34.9 Å². The summed E-state index contributed by atoms with van der Waals surface area (Å²) in [6.45, 7) is 6.04. The summed E-state index contributed by atoms with van der Waals surface area (Å²) in [5.41, 5.74) is 0. The van der Waals surface area contributed by atoms with E-state index in [9.17, 15) is 0 Å². The van der Waals surface area contributed by atoms with Gasteiger partial charge in [0, 0.05) is 13.1 Å². The van der Waals surface area contributed by atoms with Crippen LogP contribution in [-0.2, 0) is 15.1 Å². The molecule has 0 N–H and O–H groups in total. The van der Waals surface area contributed by atoms with Crippen LogP contribution < -0.4 is 0 Å². The molecule has 0 aromatic carbocycles. The molecule has 0 saturated heterocycles. The van der Waals surface area contributed by atoms with Gasteiger partial charge in [0.25, 0.3) is 0 Å². The first-order valence-electron chi connectivity index (χ1n) is 2.84. The molecule has 5 heteroatoms. The zero-order chi connectivity index (χ0) is 8.57. The molecule has 0 spiro atoms. The quantitative estimate of drug-likeness (QED) is 0.447. The van der Waals surface area contributed by atoms with Gasteiger partial charge in [0.05, 0.1) is 0 Å². The third kappa shape index (κ3) is 7.16. The van der Waals surface area contributed by atoms with Crippen molar-refractivity contribution in [3.8, 4) is 0 Å². The van der Waals surface area contributed by atoms with Crippen molar-refractivity contribution in [1.82, 2.24) is 4.90 Å². The van der Waals surface area contributed by atoms with E-state index in [1.165, 1.54) is 0 Å². The molecular weight excluding hydrogens is 229 g/mol. The van der Waals surface area contributed by atoms with Crippen molar-refractivity contribution in [3.63, 3.8) is 0 Å². The molecule has 0 heterocycles. The normalized spacial score (nSPS) is 7.70. The molecule has 0 aliphatic rings. The second-order valence-corrected chi connectivity index (χ2v) is 2.57. The minimum absolute atomic E-state index is 0.690. The number of hydrogen-bond donors (Lipinski definition) is 1. The van der Waals surface area contributed by atoms with Crippen LogP contribution in [0.5, 0.6) is 0 Å². The fourth-order valence-electron chi connectivity index (χ4n) is 0.494. The topological polar surface area (TPSA) is 3.24 Å². The first kappa shape index (κ1) is 13.6. The first-order chi connectivity index (χ1) is 4.72. The van der Waals surface area contributed by atoms with Crippen LogP contribution in [0, 0.1) is 0 Å². The second kappa shape index (κ2) is 10.0. The second-order valence-electron chi connectivity index (χ2n) is 1.45. The van der Waals surface area contributed by atoms with Gasteiger partial charge in [-0.25, -0.2) is 0 Å². The zero-order valence-corrected chi connectivity index (χ0v) is 9.62. The Balaban J connectivity index is 0. The average molecular weight is 240 g/mol. The van der Waals surface area contributed by atoms with E-state index in [-0.39, 0.29) is 0 Å². The van der Waals surface area contributed by atoms with Crippen molar-refractivity contribution >= 4 is 39.3 Å². The van der Waals surface area contributed by atoms with E-state index in [4.69, 9.17) is 12.2 Å². The van der Waals surface area contributed by atoms with Crippen LogP contribution in [0.3, 0.4) is 0 Å². The molecule has 0 aromatic rings. The molecule has 62 valence electrons. The average Bonchev–Trinajstić information content (AvgIpc) is 1.94. The predicted octanol–water partition coefficient (Wildman–Crippen LogP) is 2.23. The predicted molar refractivity (Wildman–Crippen MR) is 50.4 cm³/mol. The third-order valence-corrected chi connectivity index (χ3v) is 1.58. The van der Waals surface area contributed by atoms with Crippen molar-refractivity contribution in [2.24, 2.45) is 0 Å². The number of halogens is 1. The summed E-state index contributed by atoms with van der Waals surface area (Å²) >= 11 is 11.2. The van der Waals surface area contributed by atoms with E-state index in [0.29, 0.717) is 4.32 Å². The SMILES string of the molecule is CCN(CC)C(=S)S.[Cl][Mn]. The summed E-state index contributed by atoms with van der Waals surface area (Å²) in [4.78, 5) is 2.01. The van der Waals surface area contributed by atoms with E-state index in [2.05, 4.69) is 51.7 Å². The maximum absolute atomic E-state index is 4.81. The molecule has 10 heavy (non-hydrogen) atoms. The van der Waals surface area contributed by atoms with Gasteiger partial charge < -0.3 is 4.90 Å². The third-order valence-electron chi connectivity index (χ3n) is 1.03. The number of thiol groups is 1. The number of nitrogens with zero attached hydrogens (tertiary/aromatic N) is 1. The van der Waals surface area contributed by atoms with Crippen LogP contribution in [0.15, 0.2) is 0 Å². The number of hydrogen-bond acceptors (Lipinski definition) is 1. The molecule has 0 aliphatic carbocycles. The summed E-state index contributed by atoms with van der Waals surface area (Å²) < 4.78 is 0.690. The van der Waals surface area contributed by atoms with Gasteiger partial charge in [-0.3, -0.25) is 0 Å². The fourth-order valence-corrected chi connectivity index (χ4v) is 1.04. The van der Waals surface area contributed by atoms with Gasteiger partial charge in [-0.15, -0.1) is 12.6 Å². The summed E-state index contributed by atoms with van der Waals surface area (Å²) in [7, 11) is 4.45. The van der Waals surface area contributed by atoms with E-state index >= 15 is 0 Å². The van der Waals surface area contributed by atoms with Gasteiger partial charge in [0.1, 0.15) is 4.32 Å². The molecule has 1 nitrogen and oxygen atoms in total. The molecule has 0 amide bonds.